The van der Waals surface area contributed by atoms with Gasteiger partial charge in [-0.25, -0.2) is 0 Å². The lowest BCUT2D eigenvalue weighted by Crippen LogP contribution is -2.46. The number of carboxylic acids is 1. The fourth-order valence-electron chi connectivity index (χ4n) is 3.69. The van der Waals surface area contributed by atoms with Crippen LogP contribution in [0.2, 0.25) is 0 Å². The highest BCUT2D eigenvalue weighted by molar-refractivity contribution is 5.63. The number of aromatic hydroxyl groups is 1. The van der Waals surface area contributed by atoms with Gasteiger partial charge in [0.25, 0.3) is 5.97 Å². The van der Waals surface area contributed by atoms with Crippen LogP contribution in [0.25, 0.3) is 0 Å². The molecule has 2 aromatic rings. The molecule has 2 aliphatic heterocycles. The minimum absolute atomic E-state index is 0.360. The van der Waals surface area contributed by atoms with Crippen molar-refractivity contribution in [2.24, 2.45) is 0 Å². The topological polar surface area (TPSA) is 64.0 Å². The van der Waals surface area contributed by atoms with E-state index in [2.05, 4.69) is 47.2 Å². The van der Waals surface area contributed by atoms with E-state index in [-0.39, 0.29) is 0 Å². The van der Waals surface area contributed by atoms with Crippen LogP contribution >= 0.6 is 0 Å². The molecule has 1 fully saturated rings. The molecule has 0 amide bonds. The first-order valence-electron chi connectivity index (χ1n) is 8.50. The average molecular weight is 340 g/mol. The molecular weight excluding hydrogens is 316 g/mol. The molecule has 0 radical (unpaired) electrons. The van der Waals surface area contributed by atoms with E-state index in [1.165, 1.54) is 22.4 Å². The number of phenols is 1. The molecule has 2 aromatic carbocycles. The van der Waals surface area contributed by atoms with Crippen molar-refractivity contribution in [1.82, 2.24) is 4.90 Å². The molecule has 132 valence electrons. The molecule has 0 aromatic heterocycles. The molecule has 0 spiro atoms. The lowest BCUT2D eigenvalue weighted by molar-refractivity contribution is -0.134. The van der Waals surface area contributed by atoms with E-state index in [1.807, 2.05) is 12.1 Å². The number of rotatable bonds is 0. The fourth-order valence-corrected chi connectivity index (χ4v) is 3.69. The molecule has 1 unspecified atom stereocenters. The van der Waals surface area contributed by atoms with Crippen molar-refractivity contribution < 1.29 is 15.0 Å². The Morgan fingerprint density at radius 3 is 2.60 bits per heavy atom. The summed E-state index contributed by atoms with van der Waals surface area (Å²) in [4.78, 5) is 13.9. The molecule has 1 atom stereocenters. The molecule has 0 saturated carbocycles. The van der Waals surface area contributed by atoms with Gasteiger partial charge >= 0.3 is 0 Å². The number of aliphatic carboxylic acids is 1. The van der Waals surface area contributed by atoms with Gasteiger partial charge in [0.2, 0.25) is 0 Å². The molecule has 1 saturated heterocycles. The molecule has 2 N–H and O–H groups in total. The van der Waals surface area contributed by atoms with Gasteiger partial charge in [-0.3, -0.25) is 4.79 Å². The molecule has 5 heteroatoms. The van der Waals surface area contributed by atoms with Crippen LogP contribution in [0.3, 0.4) is 0 Å². The van der Waals surface area contributed by atoms with Crippen LogP contribution < -0.4 is 4.90 Å². The van der Waals surface area contributed by atoms with Gasteiger partial charge in [0, 0.05) is 32.2 Å². The van der Waals surface area contributed by atoms with Crippen LogP contribution in [0.4, 0.5) is 5.69 Å². The first kappa shape index (κ1) is 17.3. The Hall–Kier alpha value is -2.53. The number of carbonyl (C=O) groups is 1. The number of anilines is 1. The summed E-state index contributed by atoms with van der Waals surface area (Å²) in [7, 11) is 2.20. The Morgan fingerprint density at radius 1 is 1.12 bits per heavy atom. The highest BCUT2D eigenvalue weighted by Gasteiger charge is 2.32. The highest BCUT2D eigenvalue weighted by atomic mass is 16.4. The molecular formula is C20H24N2O3. The number of fused-ring (bicyclic) bond motifs is 5. The van der Waals surface area contributed by atoms with Crippen molar-refractivity contribution >= 4 is 11.7 Å². The van der Waals surface area contributed by atoms with Crippen LogP contribution in [-0.4, -0.2) is 47.8 Å². The second-order valence-electron chi connectivity index (χ2n) is 6.68. The number of benzene rings is 2. The second-order valence-corrected chi connectivity index (χ2v) is 6.68. The number of piperazine rings is 1. The van der Waals surface area contributed by atoms with Crippen molar-refractivity contribution in [3.8, 4) is 5.75 Å². The summed E-state index contributed by atoms with van der Waals surface area (Å²) in [5.41, 5.74) is 5.32. The van der Waals surface area contributed by atoms with E-state index in [0.717, 1.165) is 33.0 Å². The minimum atomic E-state index is -0.833. The Balaban J connectivity index is 0.000000415. The first-order valence-corrected chi connectivity index (χ1v) is 8.50. The standard InChI is InChI=1S/C18H20N2O.C2H4O2/c1-19-8-9-20-17-7-6-15(21)11-14(17)10-13-4-2-3-5-16(13)18(20)12-19;1-2(3)4/h2-7,11,18,21H,8-10,12H2,1H3;1H3,(H,3,4). The van der Waals surface area contributed by atoms with E-state index in [1.54, 1.807) is 0 Å². The predicted octanol–water partition coefficient (Wildman–Crippen LogP) is 2.88. The summed E-state index contributed by atoms with van der Waals surface area (Å²) in [6, 6.07) is 15.0. The third-order valence-electron chi connectivity index (χ3n) is 4.75. The van der Waals surface area contributed by atoms with Crippen LogP contribution in [0.1, 0.15) is 29.7 Å². The van der Waals surface area contributed by atoms with Gasteiger partial charge in [-0.15, -0.1) is 0 Å². The molecule has 0 aliphatic carbocycles. The van der Waals surface area contributed by atoms with E-state index in [0.29, 0.717) is 11.8 Å². The lowest BCUT2D eigenvalue weighted by Gasteiger charge is -2.41. The summed E-state index contributed by atoms with van der Waals surface area (Å²) in [6.07, 6.45) is 0.899. The number of hydrogen-bond acceptors (Lipinski definition) is 4. The van der Waals surface area contributed by atoms with E-state index in [4.69, 9.17) is 9.90 Å². The van der Waals surface area contributed by atoms with Crippen LogP contribution in [0.5, 0.6) is 5.75 Å². The third kappa shape index (κ3) is 3.77. The van der Waals surface area contributed by atoms with E-state index >= 15 is 0 Å². The maximum absolute atomic E-state index is 9.84. The molecule has 2 aliphatic rings. The summed E-state index contributed by atoms with van der Waals surface area (Å²) in [6.45, 7) is 4.25. The number of nitrogens with zero attached hydrogens (tertiary/aromatic N) is 2. The van der Waals surface area contributed by atoms with Gasteiger partial charge in [-0.2, -0.15) is 0 Å². The van der Waals surface area contributed by atoms with Gasteiger partial charge in [-0.05, 0) is 48.4 Å². The number of carboxylic acid groups (broad SMARTS) is 1. The Labute approximate surface area is 148 Å². The van der Waals surface area contributed by atoms with Crippen molar-refractivity contribution in [2.75, 3.05) is 31.6 Å². The number of phenolic OH excluding ortho intramolecular Hbond substituents is 1. The Bertz CT molecular complexity index is 771. The van der Waals surface area contributed by atoms with Crippen molar-refractivity contribution in [2.45, 2.75) is 19.4 Å². The summed E-state index contributed by atoms with van der Waals surface area (Å²) < 4.78 is 0. The van der Waals surface area contributed by atoms with Gasteiger partial charge in [0.15, 0.2) is 0 Å². The zero-order valence-corrected chi connectivity index (χ0v) is 14.6. The second kappa shape index (κ2) is 7.15. The van der Waals surface area contributed by atoms with Gasteiger partial charge in [0.1, 0.15) is 5.75 Å². The SMILES string of the molecule is CC(=O)O.CN1CCN2c3ccc(O)cc3Cc3ccccc3C2C1. The van der Waals surface area contributed by atoms with Crippen molar-refractivity contribution in [1.29, 1.82) is 0 Å². The molecule has 0 bridgehead atoms. The summed E-state index contributed by atoms with van der Waals surface area (Å²) in [5, 5.41) is 17.3. The van der Waals surface area contributed by atoms with E-state index < -0.39 is 5.97 Å². The van der Waals surface area contributed by atoms with Crippen LogP contribution in [0.15, 0.2) is 42.5 Å². The van der Waals surface area contributed by atoms with E-state index in [9.17, 15) is 5.11 Å². The zero-order valence-electron chi connectivity index (χ0n) is 14.6. The molecule has 5 nitrogen and oxygen atoms in total. The largest absolute Gasteiger partial charge is 0.508 e. The van der Waals surface area contributed by atoms with Crippen LogP contribution in [0, 0.1) is 0 Å². The predicted molar refractivity (Wildman–Crippen MR) is 98.2 cm³/mol. The quantitative estimate of drug-likeness (QED) is 0.772. The molecule has 2 heterocycles. The zero-order chi connectivity index (χ0) is 18.0. The summed E-state index contributed by atoms with van der Waals surface area (Å²) in [5.74, 6) is -0.473. The minimum Gasteiger partial charge on any atom is -0.508 e. The summed E-state index contributed by atoms with van der Waals surface area (Å²) >= 11 is 0. The third-order valence-corrected chi connectivity index (χ3v) is 4.75. The normalized spacial score (nSPS) is 18.8. The maximum atomic E-state index is 9.84. The smallest absolute Gasteiger partial charge is 0.300 e. The molecule has 25 heavy (non-hydrogen) atoms. The average Bonchev–Trinajstić information content (AvgIpc) is 2.68. The lowest BCUT2D eigenvalue weighted by atomic mass is 9.96. The van der Waals surface area contributed by atoms with Gasteiger partial charge in [0.05, 0.1) is 6.04 Å². The van der Waals surface area contributed by atoms with Gasteiger partial charge in [-0.1, -0.05) is 24.3 Å². The first-order chi connectivity index (χ1) is 12.0. The van der Waals surface area contributed by atoms with Gasteiger partial charge < -0.3 is 20.0 Å². The molecule has 4 rings (SSSR count). The maximum Gasteiger partial charge on any atom is 0.300 e. The van der Waals surface area contributed by atoms with Crippen molar-refractivity contribution in [3.05, 3.63) is 59.2 Å². The Morgan fingerprint density at radius 2 is 1.84 bits per heavy atom. The highest BCUT2D eigenvalue weighted by Crippen LogP contribution is 2.39. The monoisotopic (exact) mass is 340 g/mol. The number of hydrogen-bond donors (Lipinski definition) is 2. The number of likely N-dealkylation sites (N-methyl/N-ethyl adjacent to an activating group) is 1. The fraction of sp³-hybridized carbons (Fsp3) is 0.350. The Kier molecular flexibility index (Phi) is 4.95. The van der Waals surface area contributed by atoms with Crippen molar-refractivity contribution in [3.63, 3.8) is 0 Å². The van der Waals surface area contributed by atoms with Crippen LogP contribution in [-0.2, 0) is 11.2 Å².